The number of hydrogen-bond acceptors (Lipinski definition) is 2. The first-order chi connectivity index (χ1) is 9.79. The van der Waals surface area contributed by atoms with E-state index in [-0.39, 0.29) is 17.7 Å². The fourth-order valence-corrected chi connectivity index (χ4v) is 1.93. The van der Waals surface area contributed by atoms with Gasteiger partial charge in [-0.15, -0.1) is 0 Å². The van der Waals surface area contributed by atoms with E-state index in [1.54, 1.807) is 6.07 Å². The summed E-state index contributed by atoms with van der Waals surface area (Å²) in [6.45, 7) is 0.0943. The predicted molar refractivity (Wildman–Crippen MR) is 65.7 cm³/mol. The molecule has 1 heterocycles. The number of halogens is 4. The van der Waals surface area contributed by atoms with E-state index in [4.69, 9.17) is 10.4 Å². The van der Waals surface area contributed by atoms with Crippen LogP contribution in [0.1, 0.15) is 22.8 Å². The lowest BCUT2D eigenvalue weighted by Gasteiger charge is -2.12. The highest BCUT2D eigenvalue weighted by Gasteiger charge is 2.39. The molecule has 0 aliphatic rings. The van der Waals surface area contributed by atoms with E-state index in [0.717, 1.165) is 18.3 Å². The number of benzene rings is 1. The lowest BCUT2D eigenvalue weighted by Crippen LogP contribution is -2.19. The van der Waals surface area contributed by atoms with Crippen LogP contribution in [0.15, 0.2) is 36.7 Å². The number of aliphatic hydroxyl groups is 1. The zero-order valence-corrected chi connectivity index (χ0v) is 10.6. The van der Waals surface area contributed by atoms with Gasteiger partial charge in [0.1, 0.15) is 5.82 Å². The van der Waals surface area contributed by atoms with Crippen LogP contribution < -0.4 is 0 Å². The molecule has 1 atom stereocenters. The fourth-order valence-electron chi connectivity index (χ4n) is 1.93. The molecular formula is C14H10F4N2O. The first-order valence-electron chi connectivity index (χ1n) is 5.89. The average Bonchev–Trinajstić information content (AvgIpc) is 2.84. The molecule has 0 aliphatic heterocycles. The van der Waals surface area contributed by atoms with Crippen LogP contribution in [0.5, 0.6) is 0 Å². The Bertz CT molecular complexity index is 685. The summed E-state index contributed by atoms with van der Waals surface area (Å²) in [5.74, 6) is -0.591. The Hall–Kier alpha value is -2.33. The van der Waals surface area contributed by atoms with Crippen molar-refractivity contribution in [1.82, 2.24) is 4.57 Å². The van der Waals surface area contributed by atoms with Crippen LogP contribution >= 0.6 is 0 Å². The molecule has 0 radical (unpaired) electrons. The third kappa shape index (κ3) is 3.61. The Labute approximate surface area is 117 Å². The molecule has 1 N–H and O–H groups in total. The van der Waals surface area contributed by atoms with E-state index >= 15 is 0 Å². The highest BCUT2D eigenvalue weighted by Crippen LogP contribution is 2.32. The van der Waals surface area contributed by atoms with Crippen molar-refractivity contribution in [2.24, 2.45) is 0 Å². The Morgan fingerprint density at radius 2 is 2.00 bits per heavy atom. The van der Waals surface area contributed by atoms with Gasteiger partial charge in [-0.05, 0) is 29.8 Å². The molecule has 0 fully saturated rings. The lowest BCUT2D eigenvalue weighted by molar-refractivity contribution is -0.206. The number of nitriles is 1. The van der Waals surface area contributed by atoms with E-state index < -0.39 is 18.1 Å². The minimum absolute atomic E-state index is 0.0943. The highest BCUT2D eigenvalue weighted by atomic mass is 19.4. The number of aliphatic hydroxyl groups excluding tert-OH is 1. The summed E-state index contributed by atoms with van der Waals surface area (Å²) in [7, 11) is 0. The minimum atomic E-state index is -4.74. The highest BCUT2D eigenvalue weighted by molar-refractivity contribution is 5.34. The van der Waals surface area contributed by atoms with E-state index in [9.17, 15) is 17.6 Å². The van der Waals surface area contributed by atoms with Crippen LogP contribution in [-0.4, -0.2) is 15.8 Å². The summed E-state index contributed by atoms with van der Waals surface area (Å²) in [5, 5.41) is 17.9. The summed E-state index contributed by atoms with van der Waals surface area (Å²) in [6, 6.07) is 6.65. The molecule has 0 bridgehead atoms. The van der Waals surface area contributed by atoms with Crippen molar-refractivity contribution in [3.05, 3.63) is 59.2 Å². The second-order valence-corrected chi connectivity index (χ2v) is 4.52. The maximum atomic E-state index is 13.3. The van der Waals surface area contributed by atoms with Gasteiger partial charge in [0.2, 0.25) is 0 Å². The summed E-state index contributed by atoms with van der Waals surface area (Å²) in [4.78, 5) is 0. The molecule has 1 aromatic heterocycles. The molecule has 7 heteroatoms. The molecule has 2 aromatic rings. The lowest BCUT2D eigenvalue weighted by atomic mass is 10.1. The number of rotatable bonds is 3. The molecule has 21 heavy (non-hydrogen) atoms. The monoisotopic (exact) mass is 298 g/mol. The van der Waals surface area contributed by atoms with Crippen molar-refractivity contribution in [2.45, 2.75) is 18.8 Å². The number of hydrogen-bond donors (Lipinski definition) is 1. The van der Waals surface area contributed by atoms with Crippen molar-refractivity contribution in [3.63, 3.8) is 0 Å². The van der Waals surface area contributed by atoms with Crippen molar-refractivity contribution in [3.8, 4) is 6.07 Å². The zero-order chi connectivity index (χ0) is 15.6. The largest absolute Gasteiger partial charge is 0.418 e. The Balaban J connectivity index is 2.20. The molecule has 1 aromatic carbocycles. The smallest absolute Gasteiger partial charge is 0.379 e. The van der Waals surface area contributed by atoms with E-state index in [1.165, 1.54) is 22.9 Å². The first kappa shape index (κ1) is 15.1. The Morgan fingerprint density at radius 1 is 1.29 bits per heavy atom. The van der Waals surface area contributed by atoms with Crippen LogP contribution in [0.4, 0.5) is 17.6 Å². The van der Waals surface area contributed by atoms with Crippen molar-refractivity contribution >= 4 is 0 Å². The van der Waals surface area contributed by atoms with Gasteiger partial charge in [-0.25, -0.2) is 4.39 Å². The molecule has 0 saturated carbocycles. The minimum Gasteiger partial charge on any atom is -0.379 e. The van der Waals surface area contributed by atoms with E-state index in [1.807, 2.05) is 0 Å². The zero-order valence-electron chi connectivity index (χ0n) is 10.6. The molecule has 3 nitrogen and oxygen atoms in total. The average molecular weight is 298 g/mol. The van der Waals surface area contributed by atoms with Gasteiger partial charge >= 0.3 is 6.18 Å². The standard InChI is InChI=1S/C14H10F4N2O/c15-12-4-9(6-19)3-10(5-12)7-20-2-1-11(8-20)13(21)14(16,17)18/h1-5,8,13,21H,7H2. The van der Waals surface area contributed by atoms with Gasteiger partial charge in [0, 0.05) is 24.5 Å². The maximum absolute atomic E-state index is 13.3. The van der Waals surface area contributed by atoms with Crippen LogP contribution in [0.25, 0.3) is 0 Å². The molecule has 110 valence electrons. The van der Waals surface area contributed by atoms with Gasteiger partial charge in [-0.1, -0.05) is 0 Å². The van der Waals surface area contributed by atoms with Crippen LogP contribution in [0.2, 0.25) is 0 Å². The van der Waals surface area contributed by atoms with Gasteiger partial charge < -0.3 is 9.67 Å². The van der Waals surface area contributed by atoms with Crippen molar-refractivity contribution < 1.29 is 22.7 Å². The number of nitrogens with zero attached hydrogens (tertiary/aromatic N) is 2. The predicted octanol–water partition coefficient (Wildman–Crippen LogP) is 3.14. The summed E-state index contributed by atoms with van der Waals surface area (Å²) in [5.41, 5.74) is 0.280. The summed E-state index contributed by atoms with van der Waals surface area (Å²) in [6.07, 6.45) is -4.81. The molecule has 0 amide bonds. The normalized spacial score (nSPS) is 13.0. The topological polar surface area (TPSA) is 49.0 Å². The third-order valence-corrected chi connectivity index (χ3v) is 2.85. The Kier molecular flexibility index (Phi) is 4.00. The van der Waals surface area contributed by atoms with Gasteiger partial charge in [-0.2, -0.15) is 18.4 Å². The van der Waals surface area contributed by atoms with Crippen LogP contribution in [-0.2, 0) is 6.54 Å². The SMILES string of the molecule is N#Cc1cc(F)cc(Cn2ccc(C(O)C(F)(F)F)c2)c1. The summed E-state index contributed by atoms with van der Waals surface area (Å²) >= 11 is 0. The third-order valence-electron chi connectivity index (χ3n) is 2.85. The molecule has 0 saturated heterocycles. The van der Waals surface area contributed by atoms with Crippen molar-refractivity contribution in [1.29, 1.82) is 5.26 Å². The van der Waals surface area contributed by atoms with Crippen molar-refractivity contribution in [2.75, 3.05) is 0 Å². The molecule has 0 aliphatic carbocycles. The first-order valence-corrected chi connectivity index (χ1v) is 5.89. The number of alkyl halides is 3. The molecule has 2 rings (SSSR count). The van der Waals surface area contributed by atoms with Crippen LogP contribution in [0.3, 0.4) is 0 Å². The maximum Gasteiger partial charge on any atom is 0.418 e. The van der Waals surface area contributed by atoms with Gasteiger partial charge in [0.15, 0.2) is 6.10 Å². The molecule has 1 unspecified atom stereocenters. The van der Waals surface area contributed by atoms with Gasteiger partial charge in [0.25, 0.3) is 0 Å². The fraction of sp³-hybridized carbons (Fsp3) is 0.214. The summed E-state index contributed by atoms with van der Waals surface area (Å²) < 4.78 is 51.8. The van der Waals surface area contributed by atoms with Gasteiger partial charge in [0.05, 0.1) is 11.6 Å². The van der Waals surface area contributed by atoms with Crippen LogP contribution in [0, 0.1) is 17.1 Å². The second-order valence-electron chi connectivity index (χ2n) is 4.52. The Morgan fingerprint density at radius 3 is 2.62 bits per heavy atom. The van der Waals surface area contributed by atoms with E-state index in [2.05, 4.69) is 0 Å². The quantitative estimate of drug-likeness (QED) is 0.885. The second kappa shape index (κ2) is 5.58. The van der Waals surface area contributed by atoms with Gasteiger partial charge in [-0.3, -0.25) is 0 Å². The molecular weight excluding hydrogens is 288 g/mol. The molecule has 0 spiro atoms. The van der Waals surface area contributed by atoms with E-state index in [0.29, 0.717) is 5.56 Å². The number of aromatic nitrogens is 1.